The Morgan fingerprint density at radius 2 is 1.86 bits per heavy atom. The van der Waals surface area contributed by atoms with Crippen LogP contribution in [0.5, 0.6) is 0 Å². The van der Waals surface area contributed by atoms with Crippen molar-refractivity contribution in [2.45, 2.75) is 46.6 Å². The van der Waals surface area contributed by atoms with Gasteiger partial charge in [0.1, 0.15) is 0 Å². The smallest absolute Gasteiger partial charge is 0.0217 e. The fraction of sp³-hybridized carbons (Fsp3) is 1.00. The van der Waals surface area contributed by atoms with E-state index in [1.54, 1.807) is 0 Å². The average molecular weight is 200 g/mol. The summed E-state index contributed by atoms with van der Waals surface area (Å²) in [6, 6.07) is 0.645. The largest absolute Gasteiger partial charge is 0.315 e. The van der Waals surface area contributed by atoms with E-state index in [1.807, 2.05) is 0 Å². The molecule has 0 radical (unpaired) electrons. The number of rotatable bonds is 8. The zero-order valence-corrected chi connectivity index (χ0v) is 10.6. The van der Waals surface area contributed by atoms with Crippen molar-refractivity contribution in [3.05, 3.63) is 0 Å². The van der Waals surface area contributed by atoms with E-state index in [-0.39, 0.29) is 0 Å². The molecule has 0 heterocycles. The number of hydrogen-bond acceptors (Lipinski definition) is 2. The van der Waals surface area contributed by atoms with Crippen molar-refractivity contribution in [1.29, 1.82) is 0 Å². The van der Waals surface area contributed by atoms with Crippen LogP contribution in [0.25, 0.3) is 0 Å². The van der Waals surface area contributed by atoms with Gasteiger partial charge in [-0.3, -0.25) is 0 Å². The Kier molecular flexibility index (Phi) is 8.20. The molecule has 0 saturated heterocycles. The maximum Gasteiger partial charge on any atom is 0.0217 e. The van der Waals surface area contributed by atoms with Crippen LogP contribution in [0.3, 0.4) is 0 Å². The number of nitrogens with one attached hydrogen (secondary N) is 1. The second-order valence-electron chi connectivity index (χ2n) is 4.17. The first kappa shape index (κ1) is 13.9. The van der Waals surface area contributed by atoms with E-state index in [9.17, 15) is 0 Å². The van der Waals surface area contributed by atoms with Gasteiger partial charge < -0.3 is 10.2 Å². The molecule has 0 spiro atoms. The van der Waals surface area contributed by atoms with Gasteiger partial charge in [-0.05, 0) is 32.5 Å². The van der Waals surface area contributed by atoms with Gasteiger partial charge in [-0.2, -0.15) is 0 Å². The van der Waals surface area contributed by atoms with Crippen molar-refractivity contribution in [3.63, 3.8) is 0 Å². The second-order valence-corrected chi connectivity index (χ2v) is 4.17. The summed E-state index contributed by atoms with van der Waals surface area (Å²) in [5, 5.41) is 3.43. The summed E-state index contributed by atoms with van der Waals surface area (Å²) in [6.45, 7) is 12.7. The van der Waals surface area contributed by atoms with Crippen molar-refractivity contribution >= 4 is 0 Å². The lowest BCUT2D eigenvalue weighted by atomic mass is 9.99. The highest BCUT2D eigenvalue weighted by molar-refractivity contribution is 4.74. The highest BCUT2D eigenvalue weighted by Gasteiger charge is 2.16. The molecule has 0 rings (SSSR count). The second kappa shape index (κ2) is 8.25. The highest BCUT2D eigenvalue weighted by Crippen LogP contribution is 2.09. The molecule has 0 amide bonds. The van der Waals surface area contributed by atoms with Crippen molar-refractivity contribution in [2.24, 2.45) is 5.92 Å². The zero-order valence-electron chi connectivity index (χ0n) is 10.6. The van der Waals surface area contributed by atoms with Gasteiger partial charge in [-0.1, -0.05) is 34.1 Å². The standard InChI is InChI=1S/C12H28N2/c1-6-9-14(8-3)10-12(13-5)11(4)7-2/h11-13H,6-10H2,1-5H3. The number of hydrogen-bond donors (Lipinski definition) is 1. The molecule has 0 aliphatic carbocycles. The lowest BCUT2D eigenvalue weighted by molar-refractivity contribution is 0.224. The molecule has 0 aromatic carbocycles. The molecule has 0 fully saturated rings. The third-order valence-corrected chi connectivity index (χ3v) is 3.14. The molecule has 2 unspecified atom stereocenters. The number of likely N-dealkylation sites (N-methyl/N-ethyl adjacent to an activating group) is 2. The first-order chi connectivity index (χ1) is 6.69. The van der Waals surface area contributed by atoms with Crippen LogP contribution >= 0.6 is 0 Å². The zero-order chi connectivity index (χ0) is 11.0. The SMILES string of the molecule is CCCN(CC)CC(NC)C(C)CC. The van der Waals surface area contributed by atoms with Crippen LogP contribution in [0.15, 0.2) is 0 Å². The predicted molar refractivity (Wildman–Crippen MR) is 64.7 cm³/mol. The van der Waals surface area contributed by atoms with Crippen molar-refractivity contribution in [3.8, 4) is 0 Å². The van der Waals surface area contributed by atoms with Gasteiger partial charge in [0.05, 0.1) is 0 Å². The highest BCUT2D eigenvalue weighted by atomic mass is 15.1. The third-order valence-electron chi connectivity index (χ3n) is 3.14. The summed E-state index contributed by atoms with van der Waals surface area (Å²) >= 11 is 0. The van der Waals surface area contributed by atoms with Crippen LogP contribution in [0.2, 0.25) is 0 Å². The number of nitrogens with zero attached hydrogens (tertiary/aromatic N) is 1. The van der Waals surface area contributed by atoms with Gasteiger partial charge in [0.2, 0.25) is 0 Å². The van der Waals surface area contributed by atoms with E-state index >= 15 is 0 Å². The van der Waals surface area contributed by atoms with Crippen molar-refractivity contribution in [2.75, 3.05) is 26.7 Å². The van der Waals surface area contributed by atoms with Crippen LogP contribution in [-0.4, -0.2) is 37.6 Å². The molecule has 14 heavy (non-hydrogen) atoms. The molecular formula is C12H28N2. The Labute approximate surface area is 90.1 Å². The summed E-state index contributed by atoms with van der Waals surface area (Å²) in [5.41, 5.74) is 0. The monoisotopic (exact) mass is 200 g/mol. The van der Waals surface area contributed by atoms with Crippen LogP contribution in [0.1, 0.15) is 40.5 Å². The average Bonchev–Trinajstić information content (AvgIpc) is 2.23. The molecule has 2 nitrogen and oxygen atoms in total. The fourth-order valence-corrected chi connectivity index (χ4v) is 1.81. The molecule has 0 bridgehead atoms. The molecule has 0 aromatic rings. The maximum absolute atomic E-state index is 3.43. The molecule has 86 valence electrons. The first-order valence-electron chi connectivity index (χ1n) is 6.09. The summed E-state index contributed by atoms with van der Waals surface area (Å²) in [4.78, 5) is 2.54. The van der Waals surface area contributed by atoms with E-state index < -0.39 is 0 Å². The van der Waals surface area contributed by atoms with Crippen molar-refractivity contribution < 1.29 is 0 Å². The predicted octanol–water partition coefficient (Wildman–Crippen LogP) is 2.35. The van der Waals surface area contributed by atoms with E-state index in [0.717, 1.165) is 5.92 Å². The fourth-order valence-electron chi connectivity index (χ4n) is 1.81. The van der Waals surface area contributed by atoms with Crippen LogP contribution < -0.4 is 5.32 Å². The Bertz CT molecular complexity index is 125. The summed E-state index contributed by atoms with van der Waals surface area (Å²) in [5.74, 6) is 0.769. The summed E-state index contributed by atoms with van der Waals surface area (Å²) in [7, 11) is 2.08. The minimum Gasteiger partial charge on any atom is -0.315 e. The van der Waals surface area contributed by atoms with E-state index in [0.29, 0.717) is 6.04 Å². The minimum absolute atomic E-state index is 0.645. The van der Waals surface area contributed by atoms with Gasteiger partial charge in [0.15, 0.2) is 0 Å². The molecule has 0 aromatic heterocycles. The van der Waals surface area contributed by atoms with Gasteiger partial charge in [0, 0.05) is 12.6 Å². The maximum atomic E-state index is 3.43. The topological polar surface area (TPSA) is 15.3 Å². The molecule has 0 aliphatic heterocycles. The Morgan fingerprint density at radius 3 is 2.21 bits per heavy atom. The van der Waals surface area contributed by atoms with Gasteiger partial charge in [-0.25, -0.2) is 0 Å². The van der Waals surface area contributed by atoms with Gasteiger partial charge in [0.25, 0.3) is 0 Å². The van der Waals surface area contributed by atoms with Gasteiger partial charge in [-0.15, -0.1) is 0 Å². The lowest BCUT2D eigenvalue weighted by Crippen LogP contribution is -2.43. The quantitative estimate of drug-likeness (QED) is 0.647. The Morgan fingerprint density at radius 1 is 1.21 bits per heavy atom. The van der Waals surface area contributed by atoms with Crippen LogP contribution in [0, 0.1) is 5.92 Å². The van der Waals surface area contributed by atoms with Gasteiger partial charge >= 0.3 is 0 Å². The Balaban J connectivity index is 3.99. The van der Waals surface area contributed by atoms with E-state index in [2.05, 4.69) is 45.0 Å². The summed E-state index contributed by atoms with van der Waals surface area (Å²) < 4.78 is 0. The molecular weight excluding hydrogens is 172 g/mol. The molecule has 2 heteroatoms. The third kappa shape index (κ3) is 4.97. The van der Waals surface area contributed by atoms with Crippen molar-refractivity contribution in [1.82, 2.24) is 10.2 Å². The Hall–Kier alpha value is -0.0800. The molecule has 0 aliphatic rings. The summed E-state index contributed by atoms with van der Waals surface area (Å²) in [6.07, 6.45) is 2.51. The van der Waals surface area contributed by atoms with Crippen LogP contribution in [0.4, 0.5) is 0 Å². The molecule has 2 atom stereocenters. The van der Waals surface area contributed by atoms with E-state index in [4.69, 9.17) is 0 Å². The molecule has 1 N–H and O–H groups in total. The van der Waals surface area contributed by atoms with E-state index in [1.165, 1.54) is 32.5 Å². The first-order valence-corrected chi connectivity index (χ1v) is 6.09. The van der Waals surface area contributed by atoms with Crippen LogP contribution in [-0.2, 0) is 0 Å². The normalized spacial score (nSPS) is 15.9. The minimum atomic E-state index is 0.645. The molecule has 0 saturated carbocycles. The lowest BCUT2D eigenvalue weighted by Gasteiger charge is -2.29.